The van der Waals surface area contributed by atoms with Gasteiger partial charge in [-0.25, -0.2) is 4.79 Å². The molecule has 1 unspecified atom stereocenters. The molecule has 0 fully saturated rings. The average Bonchev–Trinajstić information content (AvgIpc) is 3.03. The maximum Gasteiger partial charge on any atom is 0.330 e. The third kappa shape index (κ3) is 3.83. The summed E-state index contributed by atoms with van der Waals surface area (Å²) < 4.78 is 4.86. The van der Waals surface area contributed by atoms with Gasteiger partial charge in [-0.1, -0.05) is 29.8 Å². The molecule has 1 heterocycles. The van der Waals surface area contributed by atoms with Crippen LogP contribution in [0.5, 0.6) is 5.75 Å². The molecule has 6 heteroatoms. The van der Waals surface area contributed by atoms with Crippen molar-refractivity contribution in [1.29, 1.82) is 0 Å². The zero-order valence-electron chi connectivity index (χ0n) is 13.6. The number of nitrogens with one attached hydrogen (secondary N) is 1. The minimum atomic E-state index is -0.720. The lowest BCUT2D eigenvalue weighted by Crippen LogP contribution is -2.23. The standard InChI is InChI=1S/C19H17ClN2O3/c1-25-19(24)17(22-11-13-8-14(20)6-7-18(13)23)9-12-10-21-16-5-3-2-4-15(12)16/h2-8,10-11,17,21,23H,9H2,1H3. The number of aromatic hydroxyl groups is 1. The number of esters is 1. The van der Waals surface area contributed by atoms with Crippen LogP contribution in [0.4, 0.5) is 0 Å². The number of hydrogen-bond acceptors (Lipinski definition) is 4. The zero-order valence-corrected chi connectivity index (χ0v) is 14.3. The SMILES string of the molecule is COC(=O)C(Cc1c[nH]c2ccccc12)N=Cc1cc(Cl)ccc1O. The van der Waals surface area contributed by atoms with Gasteiger partial charge in [-0.05, 0) is 29.8 Å². The Kier molecular flexibility index (Phi) is 5.05. The lowest BCUT2D eigenvalue weighted by Gasteiger charge is -2.10. The van der Waals surface area contributed by atoms with Crippen LogP contribution < -0.4 is 0 Å². The largest absolute Gasteiger partial charge is 0.507 e. The molecule has 0 radical (unpaired) electrons. The third-order valence-corrected chi connectivity index (χ3v) is 4.18. The second kappa shape index (κ2) is 7.40. The van der Waals surface area contributed by atoms with E-state index < -0.39 is 12.0 Å². The Hall–Kier alpha value is -2.79. The lowest BCUT2D eigenvalue weighted by molar-refractivity contribution is -0.142. The number of aromatic nitrogens is 1. The average molecular weight is 357 g/mol. The van der Waals surface area contributed by atoms with E-state index in [2.05, 4.69) is 9.98 Å². The molecule has 0 bridgehead atoms. The van der Waals surface area contributed by atoms with Gasteiger partial charge in [0.15, 0.2) is 6.04 Å². The van der Waals surface area contributed by atoms with Crippen LogP contribution in [0.25, 0.3) is 10.9 Å². The number of phenols is 1. The van der Waals surface area contributed by atoms with Gasteiger partial charge < -0.3 is 14.8 Å². The Bertz CT molecular complexity index is 933. The summed E-state index contributed by atoms with van der Waals surface area (Å²) in [6.45, 7) is 0. The molecule has 0 aliphatic rings. The number of aromatic amines is 1. The number of benzene rings is 2. The van der Waals surface area contributed by atoms with Crippen molar-refractivity contribution in [2.24, 2.45) is 4.99 Å². The number of nitrogens with zero attached hydrogens (tertiary/aromatic N) is 1. The summed E-state index contributed by atoms with van der Waals surface area (Å²) in [6.07, 6.45) is 3.69. The van der Waals surface area contributed by atoms with Crippen LogP contribution in [-0.4, -0.2) is 35.4 Å². The summed E-state index contributed by atoms with van der Waals surface area (Å²) >= 11 is 5.93. The van der Waals surface area contributed by atoms with Gasteiger partial charge in [0.2, 0.25) is 0 Å². The highest BCUT2D eigenvalue weighted by Crippen LogP contribution is 2.22. The summed E-state index contributed by atoms with van der Waals surface area (Å²) in [5.41, 5.74) is 2.41. The summed E-state index contributed by atoms with van der Waals surface area (Å²) in [6, 6.07) is 11.8. The van der Waals surface area contributed by atoms with Crippen LogP contribution in [-0.2, 0) is 16.0 Å². The number of para-hydroxylation sites is 1. The van der Waals surface area contributed by atoms with Crippen molar-refractivity contribution in [2.45, 2.75) is 12.5 Å². The number of methoxy groups -OCH3 is 1. The highest BCUT2D eigenvalue weighted by atomic mass is 35.5. The maximum atomic E-state index is 12.1. The molecule has 0 aliphatic heterocycles. The minimum Gasteiger partial charge on any atom is -0.507 e. The van der Waals surface area contributed by atoms with E-state index in [-0.39, 0.29) is 5.75 Å². The number of aliphatic imine (C=N–C) groups is 1. The van der Waals surface area contributed by atoms with Gasteiger partial charge in [0.1, 0.15) is 5.75 Å². The molecular formula is C19H17ClN2O3. The molecule has 1 atom stereocenters. The first-order valence-electron chi connectivity index (χ1n) is 7.73. The Morgan fingerprint density at radius 3 is 2.96 bits per heavy atom. The second-order valence-electron chi connectivity index (χ2n) is 5.58. The second-order valence-corrected chi connectivity index (χ2v) is 6.02. The van der Waals surface area contributed by atoms with Crippen molar-refractivity contribution in [3.63, 3.8) is 0 Å². The van der Waals surface area contributed by atoms with E-state index >= 15 is 0 Å². The summed E-state index contributed by atoms with van der Waals surface area (Å²) in [5, 5.41) is 11.4. The quantitative estimate of drug-likeness (QED) is 0.540. The summed E-state index contributed by atoms with van der Waals surface area (Å²) in [7, 11) is 1.33. The predicted molar refractivity (Wildman–Crippen MR) is 98.5 cm³/mol. The first-order chi connectivity index (χ1) is 12.1. The van der Waals surface area contributed by atoms with Crippen molar-refractivity contribution < 1.29 is 14.6 Å². The van der Waals surface area contributed by atoms with E-state index in [9.17, 15) is 9.90 Å². The molecular weight excluding hydrogens is 340 g/mol. The minimum absolute atomic E-state index is 0.0452. The van der Waals surface area contributed by atoms with E-state index in [0.717, 1.165) is 16.5 Å². The topological polar surface area (TPSA) is 74.7 Å². The van der Waals surface area contributed by atoms with Gasteiger partial charge in [0, 0.05) is 40.3 Å². The molecule has 0 aliphatic carbocycles. The van der Waals surface area contributed by atoms with Crippen molar-refractivity contribution in [3.05, 3.63) is 64.8 Å². The summed E-state index contributed by atoms with van der Waals surface area (Å²) in [4.78, 5) is 19.6. The fourth-order valence-electron chi connectivity index (χ4n) is 2.64. The van der Waals surface area contributed by atoms with Crippen molar-refractivity contribution in [3.8, 4) is 5.75 Å². The van der Waals surface area contributed by atoms with Crippen molar-refractivity contribution >= 4 is 34.7 Å². The molecule has 0 spiro atoms. The molecule has 25 heavy (non-hydrogen) atoms. The van der Waals surface area contributed by atoms with E-state index in [4.69, 9.17) is 16.3 Å². The Morgan fingerprint density at radius 1 is 1.36 bits per heavy atom. The van der Waals surface area contributed by atoms with Crippen LogP contribution in [0, 0.1) is 0 Å². The van der Waals surface area contributed by atoms with Crippen molar-refractivity contribution in [2.75, 3.05) is 7.11 Å². The van der Waals surface area contributed by atoms with E-state index in [1.165, 1.54) is 19.4 Å². The Balaban J connectivity index is 1.88. The number of hydrogen-bond donors (Lipinski definition) is 2. The van der Waals surface area contributed by atoms with E-state index in [1.807, 2.05) is 30.5 Å². The fourth-order valence-corrected chi connectivity index (χ4v) is 2.82. The third-order valence-electron chi connectivity index (χ3n) is 3.94. The van der Waals surface area contributed by atoms with Gasteiger partial charge in [-0.3, -0.25) is 4.99 Å². The normalized spacial score (nSPS) is 12.6. The Labute approximate surface area is 149 Å². The van der Waals surface area contributed by atoms with Crippen LogP contribution in [0.3, 0.4) is 0 Å². The zero-order chi connectivity index (χ0) is 17.8. The number of ether oxygens (including phenoxy) is 1. The number of H-pyrrole nitrogens is 1. The predicted octanol–water partition coefficient (Wildman–Crippen LogP) is 3.73. The van der Waals surface area contributed by atoms with Gasteiger partial charge in [0.05, 0.1) is 7.11 Å². The smallest absolute Gasteiger partial charge is 0.330 e. The fraction of sp³-hybridized carbons (Fsp3) is 0.158. The van der Waals surface area contributed by atoms with Gasteiger partial charge in [-0.15, -0.1) is 0 Å². The van der Waals surface area contributed by atoms with Crippen LogP contribution in [0.15, 0.2) is 53.7 Å². The number of carbonyl (C=O) groups excluding carboxylic acids is 1. The first-order valence-corrected chi connectivity index (χ1v) is 8.11. The number of halogens is 1. The molecule has 128 valence electrons. The molecule has 1 aromatic heterocycles. The highest BCUT2D eigenvalue weighted by molar-refractivity contribution is 6.30. The molecule has 2 N–H and O–H groups in total. The Morgan fingerprint density at radius 2 is 2.16 bits per heavy atom. The maximum absolute atomic E-state index is 12.1. The van der Waals surface area contributed by atoms with Crippen LogP contribution >= 0.6 is 11.6 Å². The first kappa shape index (κ1) is 17.0. The van der Waals surface area contributed by atoms with Crippen LogP contribution in [0.1, 0.15) is 11.1 Å². The number of fused-ring (bicyclic) bond motifs is 1. The summed E-state index contributed by atoms with van der Waals surface area (Å²) in [5.74, 6) is -0.396. The molecule has 0 amide bonds. The van der Waals surface area contributed by atoms with Gasteiger partial charge >= 0.3 is 5.97 Å². The number of phenolic OH excluding ortho intramolecular Hbond substituents is 1. The van der Waals surface area contributed by atoms with Crippen LogP contribution in [0.2, 0.25) is 5.02 Å². The monoisotopic (exact) mass is 356 g/mol. The van der Waals surface area contributed by atoms with Gasteiger partial charge in [0.25, 0.3) is 0 Å². The molecule has 0 saturated carbocycles. The van der Waals surface area contributed by atoms with Gasteiger partial charge in [-0.2, -0.15) is 0 Å². The molecule has 3 rings (SSSR count). The number of carbonyl (C=O) groups is 1. The van der Waals surface area contributed by atoms with E-state index in [0.29, 0.717) is 17.0 Å². The molecule has 5 nitrogen and oxygen atoms in total. The highest BCUT2D eigenvalue weighted by Gasteiger charge is 2.20. The van der Waals surface area contributed by atoms with E-state index in [1.54, 1.807) is 12.1 Å². The lowest BCUT2D eigenvalue weighted by atomic mass is 10.1. The molecule has 2 aromatic carbocycles. The molecule has 3 aromatic rings. The van der Waals surface area contributed by atoms with Crippen molar-refractivity contribution in [1.82, 2.24) is 4.98 Å². The molecule has 0 saturated heterocycles. The number of rotatable bonds is 5.